The quantitative estimate of drug-likeness (QED) is 0.572. The summed E-state index contributed by atoms with van der Waals surface area (Å²) >= 11 is 0. The zero-order chi connectivity index (χ0) is 17.8. The highest BCUT2D eigenvalue weighted by atomic mass is 16.5. The largest absolute Gasteiger partial charge is 0.427 e. The minimum Gasteiger partial charge on any atom is -0.427 e. The number of esters is 1. The van der Waals surface area contributed by atoms with Gasteiger partial charge in [0.25, 0.3) is 0 Å². The standard InChI is InChI=1S/C19H17N3O3/c1-12(23)11-14-3-5-15(6-4-14)18-20-19(22-21-18)16-7-9-17(10-8-16)25-13(2)24/h3-10H,11H2,1-2H3,(H,20,21,22). The van der Waals surface area contributed by atoms with Crippen molar-refractivity contribution in [1.29, 1.82) is 0 Å². The highest BCUT2D eigenvalue weighted by molar-refractivity contribution is 5.78. The number of carbonyl (C=O) groups excluding carboxylic acids is 2. The summed E-state index contributed by atoms with van der Waals surface area (Å²) in [6.45, 7) is 2.93. The Morgan fingerprint density at radius 2 is 1.60 bits per heavy atom. The maximum atomic E-state index is 11.2. The van der Waals surface area contributed by atoms with Crippen molar-refractivity contribution in [2.24, 2.45) is 0 Å². The molecule has 0 saturated heterocycles. The first-order valence-corrected chi connectivity index (χ1v) is 7.81. The van der Waals surface area contributed by atoms with E-state index < -0.39 is 0 Å². The van der Waals surface area contributed by atoms with E-state index in [1.165, 1.54) is 6.92 Å². The molecular formula is C19H17N3O3. The molecule has 1 heterocycles. The third-order valence-corrected chi connectivity index (χ3v) is 3.54. The molecule has 0 saturated carbocycles. The van der Waals surface area contributed by atoms with E-state index >= 15 is 0 Å². The van der Waals surface area contributed by atoms with Crippen LogP contribution < -0.4 is 4.74 Å². The van der Waals surface area contributed by atoms with Crippen LogP contribution in [0.4, 0.5) is 0 Å². The van der Waals surface area contributed by atoms with E-state index in [2.05, 4.69) is 15.2 Å². The second kappa shape index (κ2) is 7.09. The van der Waals surface area contributed by atoms with Gasteiger partial charge in [0.2, 0.25) is 0 Å². The summed E-state index contributed by atoms with van der Waals surface area (Å²) in [7, 11) is 0. The summed E-state index contributed by atoms with van der Waals surface area (Å²) in [5.41, 5.74) is 2.67. The normalized spacial score (nSPS) is 10.5. The Morgan fingerprint density at radius 1 is 0.960 bits per heavy atom. The molecule has 3 rings (SSSR count). The molecule has 0 amide bonds. The number of H-pyrrole nitrogens is 1. The molecular weight excluding hydrogens is 318 g/mol. The summed E-state index contributed by atoms with van der Waals surface area (Å²) < 4.78 is 5.01. The van der Waals surface area contributed by atoms with Gasteiger partial charge in [0.05, 0.1) is 0 Å². The summed E-state index contributed by atoms with van der Waals surface area (Å²) in [5, 5.41) is 7.14. The van der Waals surface area contributed by atoms with Crippen molar-refractivity contribution in [1.82, 2.24) is 15.2 Å². The molecule has 2 aromatic carbocycles. The van der Waals surface area contributed by atoms with Crippen molar-refractivity contribution in [3.05, 3.63) is 54.1 Å². The SMILES string of the molecule is CC(=O)Cc1ccc(-c2nc(-c3ccc(OC(C)=O)cc3)n[nH]2)cc1. The summed E-state index contributed by atoms with van der Waals surface area (Å²) in [5.74, 6) is 1.45. The number of Topliss-reactive ketones (excluding diaryl/α,β-unsaturated/α-hetero) is 1. The average Bonchev–Trinajstić information content (AvgIpc) is 3.05. The molecule has 6 nitrogen and oxygen atoms in total. The molecule has 3 aromatic rings. The molecule has 1 aromatic heterocycles. The number of hydrogen-bond acceptors (Lipinski definition) is 5. The van der Waals surface area contributed by atoms with E-state index in [0.29, 0.717) is 23.8 Å². The molecule has 0 aliphatic heterocycles. The third-order valence-electron chi connectivity index (χ3n) is 3.54. The highest BCUT2D eigenvalue weighted by Gasteiger charge is 2.09. The minimum atomic E-state index is -0.360. The summed E-state index contributed by atoms with van der Waals surface area (Å²) in [4.78, 5) is 26.6. The van der Waals surface area contributed by atoms with E-state index in [0.717, 1.165) is 16.7 Å². The first kappa shape index (κ1) is 16.6. The number of nitrogens with one attached hydrogen (secondary N) is 1. The highest BCUT2D eigenvalue weighted by Crippen LogP contribution is 2.22. The first-order valence-electron chi connectivity index (χ1n) is 7.81. The van der Waals surface area contributed by atoms with E-state index in [-0.39, 0.29) is 11.8 Å². The Balaban J connectivity index is 1.77. The van der Waals surface area contributed by atoms with Crippen LogP contribution in [0.25, 0.3) is 22.8 Å². The van der Waals surface area contributed by atoms with Gasteiger partial charge in [0.15, 0.2) is 11.6 Å². The fraction of sp³-hybridized carbons (Fsp3) is 0.158. The molecule has 0 spiro atoms. The molecule has 126 valence electrons. The number of aromatic nitrogens is 3. The second-order valence-electron chi connectivity index (χ2n) is 5.70. The van der Waals surface area contributed by atoms with Gasteiger partial charge in [0.1, 0.15) is 11.5 Å². The summed E-state index contributed by atoms with van der Waals surface area (Å²) in [6, 6.07) is 14.6. The monoisotopic (exact) mass is 335 g/mol. The van der Waals surface area contributed by atoms with Crippen LogP contribution in [0.2, 0.25) is 0 Å². The predicted molar refractivity (Wildman–Crippen MR) is 92.9 cm³/mol. The van der Waals surface area contributed by atoms with Gasteiger partial charge in [-0.3, -0.25) is 14.7 Å². The second-order valence-corrected chi connectivity index (χ2v) is 5.70. The van der Waals surface area contributed by atoms with E-state index in [1.54, 1.807) is 31.2 Å². The van der Waals surface area contributed by atoms with Crippen LogP contribution in [0.15, 0.2) is 48.5 Å². The molecule has 0 aliphatic rings. The maximum absolute atomic E-state index is 11.2. The van der Waals surface area contributed by atoms with Gasteiger partial charge < -0.3 is 4.74 Å². The van der Waals surface area contributed by atoms with Crippen molar-refractivity contribution in [2.45, 2.75) is 20.3 Å². The lowest BCUT2D eigenvalue weighted by atomic mass is 10.1. The third kappa shape index (κ3) is 4.17. The molecule has 1 N–H and O–H groups in total. The van der Waals surface area contributed by atoms with Gasteiger partial charge in [-0.1, -0.05) is 24.3 Å². The number of carbonyl (C=O) groups is 2. The number of ether oxygens (including phenoxy) is 1. The Morgan fingerprint density at radius 3 is 2.20 bits per heavy atom. The Hall–Kier alpha value is -3.28. The number of aromatic amines is 1. The number of nitrogens with zero attached hydrogens (tertiary/aromatic N) is 2. The van der Waals surface area contributed by atoms with E-state index in [1.807, 2.05) is 24.3 Å². The molecule has 0 aliphatic carbocycles. The number of benzene rings is 2. The zero-order valence-corrected chi connectivity index (χ0v) is 13.9. The van der Waals surface area contributed by atoms with Gasteiger partial charge in [-0.05, 0) is 36.8 Å². The van der Waals surface area contributed by atoms with Gasteiger partial charge in [-0.25, -0.2) is 4.98 Å². The van der Waals surface area contributed by atoms with Crippen LogP contribution in [-0.4, -0.2) is 26.9 Å². The molecule has 0 radical (unpaired) electrons. The molecule has 0 atom stereocenters. The lowest BCUT2D eigenvalue weighted by Crippen LogP contribution is -2.00. The molecule has 0 bridgehead atoms. The van der Waals surface area contributed by atoms with Crippen molar-refractivity contribution >= 4 is 11.8 Å². The molecule has 25 heavy (non-hydrogen) atoms. The van der Waals surface area contributed by atoms with E-state index in [9.17, 15) is 9.59 Å². The fourth-order valence-corrected chi connectivity index (χ4v) is 2.43. The van der Waals surface area contributed by atoms with Crippen molar-refractivity contribution in [3.63, 3.8) is 0 Å². The average molecular weight is 335 g/mol. The first-order chi connectivity index (χ1) is 12.0. The van der Waals surface area contributed by atoms with Crippen LogP contribution >= 0.6 is 0 Å². The van der Waals surface area contributed by atoms with Gasteiger partial charge in [-0.2, -0.15) is 5.10 Å². The van der Waals surface area contributed by atoms with Crippen LogP contribution in [-0.2, 0) is 16.0 Å². The van der Waals surface area contributed by atoms with Crippen molar-refractivity contribution < 1.29 is 14.3 Å². The Kier molecular flexibility index (Phi) is 4.70. The lowest BCUT2D eigenvalue weighted by Gasteiger charge is -2.01. The Bertz CT molecular complexity index is 822. The molecule has 6 heteroatoms. The van der Waals surface area contributed by atoms with Crippen LogP contribution in [0.3, 0.4) is 0 Å². The lowest BCUT2D eigenvalue weighted by molar-refractivity contribution is -0.131. The van der Waals surface area contributed by atoms with Crippen LogP contribution in [0.5, 0.6) is 5.75 Å². The Labute approximate surface area is 144 Å². The van der Waals surface area contributed by atoms with E-state index in [4.69, 9.17) is 4.74 Å². The predicted octanol–water partition coefficient (Wildman–Crippen LogP) is 3.20. The van der Waals surface area contributed by atoms with Crippen molar-refractivity contribution in [3.8, 4) is 28.5 Å². The van der Waals surface area contributed by atoms with Gasteiger partial charge >= 0.3 is 5.97 Å². The molecule has 0 fully saturated rings. The summed E-state index contributed by atoms with van der Waals surface area (Å²) in [6.07, 6.45) is 0.427. The van der Waals surface area contributed by atoms with Crippen LogP contribution in [0, 0.1) is 0 Å². The number of hydrogen-bond donors (Lipinski definition) is 1. The zero-order valence-electron chi connectivity index (χ0n) is 13.9. The number of ketones is 1. The van der Waals surface area contributed by atoms with Crippen LogP contribution in [0.1, 0.15) is 19.4 Å². The number of rotatable bonds is 5. The van der Waals surface area contributed by atoms with Gasteiger partial charge in [-0.15, -0.1) is 0 Å². The fourth-order valence-electron chi connectivity index (χ4n) is 2.43. The smallest absolute Gasteiger partial charge is 0.308 e. The van der Waals surface area contributed by atoms with Crippen molar-refractivity contribution in [2.75, 3.05) is 0 Å². The van der Waals surface area contributed by atoms with Gasteiger partial charge in [0, 0.05) is 24.5 Å². The topological polar surface area (TPSA) is 84.9 Å². The minimum absolute atomic E-state index is 0.131. The molecule has 0 unspecified atom stereocenters. The maximum Gasteiger partial charge on any atom is 0.308 e.